The smallest absolute Gasteiger partial charge is 0.147 e. The molecule has 0 spiro atoms. The highest BCUT2D eigenvalue weighted by atomic mass is 35.5. The third-order valence-electron chi connectivity index (χ3n) is 2.99. The molecule has 0 saturated heterocycles. The molecule has 0 bridgehead atoms. The minimum Gasteiger partial charge on any atom is -0.382 e. The molecule has 1 nitrogen and oxygen atoms in total. The SMILES string of the molecule is Fc1cc(Cl)ccc1NCC1CCCC1. The Morgan fingerprint density at radius 2 is 2.07 bits per heavy atom. The van der Waals surface area contributed by atoms with Crippen LogP contribution in [0, 0.1) is 11.7 Å². The minimum atomic E-state index is -0.263. The Morgan fingerprint density at radius 3 is 2.73 bits per heavy atom. The van der Waals surface area contributed by atoms with Gasteiger partial charge in [0.05, 0.1) is 5.69 Å². The molecule has 1 saturated carbocycles. The molecule has 0 aromatic heterocycles. The highest BCUT2D eigenvalue weighted by molar-refractivity contribution is 6.30. The van der Waals surface area contributed by atoms with E-state index < -0.39 is 0 Å². The fraction of sp³-hybridized carbons (Fsp3) is 0.500. The van der Waals surface area contributed by atoms with Gasteiger partial charge in [-0.3, -0.25) is 0 Å². The summed E-state index contributed by atoms with van der Waals surface area (Å²) in [6.07, 6.45) is 5.16. The lowest BCUT2D eigenvalue weighted by Gasteiger charge is -2.12. The monoisotopic (exact) mass is 227 g/mol. The maximum atomic E-state index is 13.4. The fourth-order valence-corrected chi connectivity index (χ4v) is 2.26. The van der Waals surface area contributed by atoms with Crippen LogP contribution in [0.3, 0.4) is 0 Å². The summed E-state index contributed by atoms with van der Waals surface area (Å²) in [6.45, 7) is 0.874. The maximum absolute atomic E-state index is 13.4. The molecule has 1 fully saturated rings. The van der Waals surface area contributed by atoms with E-state index in [0.717, 1.165) is 6.54 Å². The van der Waals surface area contributed by atoms with Gasteiger partial charge in [0.2, 0.25) is 0 Å². The molecule has 0 radical (unpaired) electrons. The highest BCUT2D eigenvalue weighted by Crippen LogP contribution is 2.26. The first kappa shape index (κ1) is 10.7. The Kier molecular flexibility index (Phi) is 3.47. The molecule has 2 rings (SSSR count). The van der Waals surface area contributed by atoms with Gasteiger partial charge in [0.25, 0.3) is 0 Å². The van der Waals surface area contributed by atoms with Crippen LogP contribution in [-0.4, -0.2) is 6.54 Å². The maximum Gasteiger partial charge on any atom is 0.147 e. The van der Waals surface area contributed by atoms with Crippen LogP contribution < -0.4 is 5.32 Å². The zero-order valence-corrected chi connectivity index (χ0v) is 9.36. The second kappa shape index (κ2) is 4.84. The first-order valence-corrected chi connectivity index (χ1v) is 5.82. The largest absolute Gasteiger partial charge is 0.382 e. The van der Waals surface area contributed by atoms with Crippen molar-refractivity contribution in [2.45, 2.75) is 25.7 Å². The van der Waals surface area contributed by atoms with Gasteiger partial charge in [0, 0.05) is 11.6 Å². The second-order valence-electron chi connectivity index (χ2n) is 4.16. The summed E-state index contributed by atoms with van der Waals surface area (Å²) in [5.41, 5.74) is 0.561. The third kappa shape index (κ3) is 2.85. The van der Waals surface area contributed by atoms with Gasteiger partial charge in [-0.25, -0.2) is 4.39 Å². The number of rotatable bonds is 3. The van der Waals surface area contributed by atoms with Crippen molar-refractivity contribution in [3.63, 3.8) is 0 Å². The molecule has 0 aliphatic heterocycles. The van der Waals surface area contributed by atoms with E-state index in [4.69, 9.17) is 11.6 Å². The predicted octanol–water partition coefficient (Wildman–Crippen LogP) is 4.08. The van der Waals surface area contributed by atoms with Crippen LogP contribution in [-0.2, 0) is 0 Å². The molecular weight excluding hydrogens is 213 g/mol. The summed E-state index contributed by atoms with van der Waals surface area (Å²) >= 11 is 5.68. The molecule has 1 aliphatic rings. The third-order valence-corrected chi connectivity index (χ3v) is 3.22. The molecule has 0 unspecified atom stereocenters. The zero-order chi connectivity index (χ0) is 10.7. The van der Waals surface area contributed by atoms with Crippen molar-refractivity contribution in [2.75, 3.05) is 11.9 Å². The quantitative estimate of drug-likeness (QED) is 0.821. The summed E-state index contributed by atoms with van der Waals surface area (Å²) in [5.74, 6) is 0.445. The van der Waals surface area contributed by atoms with E-state index in [9.17, 15) is 4.39 Å². The van der Waals surface area contributed by atoms with Crippen LogP contribution in [0.2, 0.25) is 5.02 Å². The molecule has 82 valence electrons. The number of benzene rings is 1. The van der Waals surface area contributed by atoms with Crippen LogP contribution in [0.4, 0.5) is 10.1 Å². The van der Waals surface area contributed by atoms with Gasteiger partial charge in [-0.1, -0.05) is 24.4 Å². The van der Waals surface area contributed by atoms with Gasteiger partial charge in [-0.15, -0.1) is 0 Å². The average Bonchev–Trinajstić information content (AvgIpc) is 2.69. The predicted molar refractivity (Wildman–Crippen MR) is 61.9 cm³/mol. The van der Waals surface area contributed by atoms with E-state index in [1.165, 1.54) is 31.7 Å². The molecule has 15 heavy (non-hydrogen) atoms. The van der Waals surface area contributed by atoms with Gasteiger partial charge in [0.1, 0.15) is 5.82 Å². The lowest BCUT2D eigenvalue weighted by molar-refractivity contribution is 0.574. The van der Waals surface area contributed by atoms with Crippen LogP contribution in [0.15, 0.2) is 18.2 Å². The first-order valence-electron chi connectivity index (χ1n) is 5.44. The Morgan fingerprint density at radius 1 is 1.33 bits per heavy atom. The summed E-state index contributed by atoms with van der Waals surface area (Å²) < 4.78 is 13.4. The van der Waals surface area contributed by atoms with E-state index in [1.807, 2.05) is 0 Å². The van der Waals surface area contributed by atoms with Crippen LogP contribution in [0.25, 0.3) is 0 Å². The van der Waals surface area contributed by atoms with Crippen molar-refractivity contribution in [3.05, 3.63) is 29.0 Å². The van der Waals surface area contributed by atoms with Gasteiger partial charge >= 0.3 is 0 Å². The molecule has 0 atom stereocenters. The van der Waals surface area contributed by atoms with E-state index in [-0.39, 0.29) is 5.82 Å². The minimum absolute atomic E-state index is 0.263. The van der Waals surface area contributed by atoms with Crippen molar-refractivity contribution in [1.82, 2.24) is 0 Å². The van der Waals surface area contributed by atoms with E-state index in [0.29, 0.717) is 16.6 Å². The second-order valence-corrected chi connectivity index (χ2v) is 4.59. The summed E-state index contributed by atoms with van der Waals surface area (Å²) in [4.78, 5) is 0. The van der Waals surface area contributed by atoms with Gasteiger partial charge in [-0.2, -0.15) is 0 Å². The van der Waals surface area contributed by atoms with Crippen LogP contribution in [0.1, 0.15) is 25.7 Å². The molecule has 3 heteroatoms. The highest BCUT2D eigenvalue weighted by Gasteiger charge is 2.14. The average molecular weight is 228 g/mol. The Bertz CT molecular complexity index is 334. The molecule has 1 aromatic carbocycles. The van der Waals surface area contributed by atoms with E-state index >= 15 is 0 Å². The normalized spacial score (nSPS) is 16.9. The van der Waals surface area contributed by atoms with Crippen molar-refractivity contribution in [3.8, 4) is 0 Å². The van der Waals surface area contributed by atoms with Crippen molar-refractivity contribution in [2.24, 2.45) is 5.92 Å². The number of hydrogen-bond donors (Lipinski definition) is 1. The first-order chi connectivity index (χ1) is 7.25. The molecular formula is C12H15ClFN. The molecule has 0 heterocycles. The standard InChI is InChI=1S/C12H15ClFN/c13-10-5-6-12(11(14)7-10)15-8-9-3-1-2-4-9/h5-7,9,15H,1-4,8H2. The van der Waals surface area contributed by atoms with E-state index in [2.05, 4.69) is 5.32 Å². The topological polar surface area (TPSA) is 12.0 Å². The Balaban J connectivity index is 1.92. The lowest BCUT2D eigenvalue weighted by atomic mass is 10.1. The number of anilines is 1. The van der Waals surface area contributed by atoms with Gasteiger partial charge < -0.3 is 5.32 Å². The number of hydrogen-bond acceptors (Lipinski definition) is 1. The molecule has 1 aromatic rings. The van der Waals surface area contributed by atoms with E-state index in [1.54, 1.807) is 12.1 Å². The summed E-state index contributed by atoms with van der Waals surface area (Å²) in [6, 6.07) is 4.76. The molecule has 1 N–H and O–H groups in total. The van der Waals surface area contributed by atoms with Crippen molar-refractivity contribution >= 4 is 17.3 Å². The van der Waals surface area contributed by atoms with Crippen LogP contribution >= 0.6 is 11.6 Å². The number of nitrogens with one attached hydrogen (secondary N) is 1. The number of halogens is 2. The molecule has 1 aliphatic carbocycles. The summed E-state index contributed by atoms with van der Waals surface area (Å²) in [5, 5.41) is 3.59. The fourth-order valence-electron chi connectivity index (χ4n) is 2.10. The van der Waals surface area contributed by atoms with Crippen molar-refractivity contribution < 1.29 is 4.39 Å². The van der Waals surface area contributed by atoms with Gasteiger partial charge in [0.15, 0.2) is 0 Å². The Hall–Kier alpha value is -0.760. The summed E-state index contributed by atoms with van der Waals surface area (Å²) in [7, 11) is 0. The Labute approximate surface area is 94.6 Å². The van der Waals surface area contributed by atoms with Gasteiger partial charge in [-0.05, 0) is 37.0 Å². The molecule has 0 amide bonds. The lowest BCUT2D eigenvalue weighted by Crippen LogP contribution is -2.11. The van der Waals surface area contributed by atoms with Crippen molar-refractivity contribution in [1.29, 1.82) is 0 Å². The van der Waals surface area contributed by atoms with Crippen LogP contribution in [0.5, 0.6) is 0 Å². The zero-order valence-electron chi connectivity index (χ0n) is 8.60.